The lowest BCUT2D eigenvalue weighted by Gasteiger charge is -2.31. The highest BCUT2D eigenvalue weighted by atomic mass is 35.5. The van der Waals surface area contributed by atoms with E-state index in [-0.39, 0.29) is 17.9 Å². The Kier molecular flexibility index (Phi) is 6.09. The van der Waals surface area contributed by atoms with Crippen LogP contribution in [-0.2, 0) is 16.1 Å². The zero-order chi connectivity index (χ0) is 16.3. The zero-order valence-corrected chi connectivity index (χ0v) is 14.2. The number of carbonyl (C=O) groups excluding carboxylic acids is 1. The molecule has 1 aliphatic rings. The molecule has 122 valence electrons. The Bertz CT molecular complexity index is 527. The summed E-state index contributed by atoms with van der Waals surface area (Å²) in [5.41, 5.74) is 1.82. The third-order valence-electron chi connectivity index (χ3n) is 4.25. The second-order valence-corrected chi connectivity index (χ2v) is 6.60. The standard InChI is InChI=1S/C16H21Cl2NO3/c1-9-5-11(17)7-13(18)12(9)8-19-16(21)10-3-4-14(20)15(6-10)22-2/h5,7,10,14-15,20H,3-4,6,8H2,1-2H3,(H,19,21)/t10-,14+,15-/m1/s1. The maximum Gasteiger partial charge on any atom is 0.223 e. The third-order valence-corrected chi connectivity index (χ3v) is 4.81. The molecule has 2 N–H and O–H groups in total. The molecule has 0 heterocycles. The topological polar surface area (TPSA) is 58.6 Å². The fourth-order valence-electron chi connectivity index (χ4n) is 2.88. The lowest BCUT2D eigenvalue weighted by molar-refractivity contribution is -0.130. The van der Waals surface area contributed by atoms with Crippen molar-refractivity contribution in [1.29, 1.82) is 0 Å². The molecule has 0 unspecified atom stereocenters. The number of nitrogens with one attached hydrogen (secondary N) is 1. The fraction of sp³-hybridized carbons (Fsp3) is 0.562. The van der Waals surface area contributed by atoms with E-state index < -0.39 is 6.10 Å². The monoisotopic (exact) mass is 345 g/mol. The van der Waals surface area contributed by atoms with Gasteiger partial charge in [-0.3, -0.25) is 4.79 Å². The van der Waals surface area contributed by atoms with Crippen molar-refractivity contribution in [2.75, 3.05) is 7.11 Å². The van der Waals surface area contributed by atoms with Crippen molar-refractivity contribution in [3.8, 4) is 0 Å². The van der Waals surface area contributed by atoms with E-state index >= 15 is 0 Å². The van der Waals surface area contributed by atoms with Gasteiger partial charge >= 0.3 is 0 Å². The van der Waals surface area contributed by atoms with Crippen molar-refractivity contribution in [2.45, 2.75) is 44.9 Å². The van der Waals surface area contributed by atoms with Gasteiger partial charge in [-0.25, -0.2) is 0 Å². The van der Waals surface area contributed by atoms with Crippen molar-refractivity contribution >= 4 is 29.1 Å². The third kappa shape index (κ3) is 4.13. The van der Waals surface area contributed by atoms with E-state index in [9.17, 15) is 9.90 Å². The van der Waals surface area contributed by atoms with Crippen LogP contribution in [0.2, 0.25) is 10.0 Å². The van der Waals surface area contributed by atoms with Gasteiger partial charge in [-0.1, -0.05) is 23.2 Å². The Hall–Kier alpha value is -0.810. The first-order chi connectivity index (χ1) is 10.4. The summed E-state index contributed by atoms with van der Waals surface area (Å²) in [6.07, 6.45) is 1.03. The summed E-state index contributed by atoms with van der Waals surface area (Å²) in [4.78, 5) is 12.3. The predicted molar refractivity (Wildman–Crippen MR) is 87.2 cm³/mol. The van der Waals surface area contributed by atoms with Gasteiger partial charge in [-0.05, 0) is 49.4 Å². The highest BCUT2D eigenvalue weighted by Crippen LogP contribution is 2.28. The maximum atomic E-state index is 12.3. The lowest BCUT2D eigenvalue weighted by Crippen LogP contribution is -2.41. The molecule has 0 aromatic heterocycles. The molecular formula is C16H21Cl2NO3. The van der Waals surface area contributed by atoms with E-state index in [4.69, 9.17) is 27.9 Å². The summed E-state index contributed by atoms with van der Waals surface area (Å²) in [7, 11) is 1.56. The molecule has 1 aromatic rings. The van der Waals surface area contributed by atoms with Crippen molar-refractivity contribution < 1.29 is 14.6 Å². The quantitative estimate of drug-likeness (QED) is 0.881. The number of aliphatic hydroxyl groups excluding tert-OH is 1. The Labute approximate surface area is 140 Å². The lowest BCUT2D eigenvalue weighted by atomic mass is 9.84. The largest absolute Gasteiger partial charge is 0.390 e. The molecule has 1 fully saturated rings. The SMILES string of the molecule is CO[C@@H]1C[C@H](C(=O)NCc2c(C)cc(Cl)cc2Cl)CC[C@@H]1O. The first-order valence-electron chi connectivity index (χ1n) is 7.35. The van der Waals surface area contributed by atoms with E-state index in [1.807, 2.05) is 13.0 Å². The van der Waals surface area contributed by atoms with Crippen LogP contribution in [0.25, 0.3) is 0 Å². The van der Waals surface area contributed by atoms with Crippen LogP contribution in [0.4, 0.5) is 0 Å². The number of hydrogen-bond acceptors (Lipinski definition) is 3. The summed E-state index contributed by atoms with van der Waals surface area (Å²) in [5, 5.41) is 13.9. The Balaban J connectivity index is 1.96. The number of aryl methyl sites for hydroxylation is 1. The average molecular weight is 346 g/mol. The van der Waals surface area contributed by atoms with Gasteiger partial charge in [0.15, 0.2) is 0 Å². The van der Waals surface area contributed by atoms with Crippen LogP contribution in [0.5, 0.6) is 0 Å². The number of hydrogen-bond donors (Lipinski definition) is 2. The maximum absolute atomic E-state index is 12.3. The summed E-state index contributed by atoms with van der Waals surface area (Å²) in [5.74, 6) is -0.168. The van der Waals surface area contributed by atoms with E-state index in [0.29, 0.717) is 35.9 Å². The first kappa shape index (κ1) is 17.5. The predicted octanol–water partition coefficient (Wildman–Crippen LogP) is 3.09. The number of carbonyl (C=O) groups is 1. The normalized spacial score (nSPS) is 25.0. The number of benzene rings is 1. The molecule has 6 heteroatoms. The van der Waals surface area contributed by atoms with Crippen molar-refractivity contribution in [3.63, 3.8) is 0 Å². The molecule has 1 amide bonds. The molecule has 22 heavy (non-hydrogen) atoms. The van der Waals surface area contributed by atoms with Crippen LogP contribution >= 0.6 is 23.2 Å². The first-order valence-corrected chi connectivity index (χ1v) is 8.11. The van der Waals surface area contributed by atoms with Crippen LogP contribution in [0.1, 0.15) is 30.4 Å². The van der Waals surface area contributed by atoms with Crippen LogP contribution in [0.15, 0.2) is 12.1 Å². The zero-order valence-electron chi connectivity index (χ0n) is 12.7. The van der Waals surface area contributed by atoms with Gasteiger partial charge in [-0.2, -0.15) is 0 Å². The van der Waals surface area contributed by atoms with E-state index in [2.05, 4.69) is 5.32 Å². The van der Waals surface area contributed by atoms with Crippen molar-refractivity contribution in [1.82, 2.24) is 5.32 Å². The van der Waals surface area contributed by atoms with Gasteiger partial charge in [0.1, 0.15) is 0 Å². The van der Waals surface area contributed by atoms with Crippen LogP contribution < -0.4 is 5.32 Å². The summed E-state index contributed by atoms with van der Waals surface area (Å²) in [6, 6.07) is 3.50. The molecule has 0 radical (unpaired) electrons. The highest BCUT2D eigenvalue weighted by molar-refractivity contribution is 6.35. The molecule has 1 saturated carbocycles. The molecule has 0 bridgehead atoms. The summed E-state index contributed by atoms with van der Waals surface area (Å²) in [6.45, 7) is 2.29. The Morgan fingerprint density at radius 3 is 2.77 bits per heavy atom. The summed E-state index contributed by atoms with van der Waals surface area (Å²) < 4.78 is 5.23. The van der Waals surface area contributed by atoms with Crippen molar-refractivity contribution in [2.24, 2.45) is 5.92 Å². The molecule has 0 spiro atoms. The summed E-state index contributed by atoms with van der Waals surface area (Å²) >= 11 is 12.1. The van der Waals surface area contributed by atoms with Gasteiger partial charge in [-0.15, -0.1) is 0 Å². The fourth-order valence-corrected chi connectivity index (χ4v) is 3.54. The number of rotatable bonds is 4. The van der Waals surface area contributed by atoms with Crippen LogP contribution in [0.3, 0.4) is 0 Å². The Morgan fingerprint density at radius 2 is 2.14 bits per heavy atom. The molecule has 3 atom stereocenters. The number of ether oxygens (including phenoxy) is 1. The smallest absolute Gasteiger partial charge is 0.223 e. The van der Waals surface area contributed by atoms with Gasteiger partial charge < -0.3 is 15.2 Å². The highest BCUT2D eigenvalue weighted by Gasteiger charge is 2.32. The number of halogens is 2. The molecule has 0 saturated heterocycles. The van der Waals surface area contributed by atoms with Gasteiger partial charge in [0.05, 0.1) is 12.2 Å². The van der Waals surface area contributed by atoms with Crippen molar-refractivity contribution in [3.05, 3.63) is 33.3 Å². The second-order valence-electron chi connectivity index (χ2n) is 5.75. The van der Waals surface area contributed by atoms with Gasteiger partial charge in [0, 0.05) is 29.6 Å². The molecule has 2 rings (SSSR count). The molecule has 1 aliphatic carbocycles. The van der Waals surface area contributed by atoms with Crippen LogP contribution in [-0.4, -0.2) is 30.3 Å². The minimum Gasteiger partial charge on any atom is -0.390 e. The second kappa shape index (κ2) is 7.64. The minimum absolute atomic E-state index is 0.0284. The number of methoxy groups -OCH3 is 1. The minimum atomic E-state index is -0.484. The van der Waals surface area contributed by atoms with E-state index in [1.54, 1.807) is 13.2 Å². The molecular weight excluding hydrogens is 325 g/mol. The number of aliphatic hydroxyl groups is 1. The van der Waals surface area contributed by atoms with Gasteiger partial charge in [0.25, 0.3) is 0 Å². The Morgan fingerprint density at radius 1 is 1.41 bits per heavy atom. The molecule has 4 nitrogen and oxygen atoms in total. The van der Waals surface area contributed by atoms with Gasteiger partial charge in [0.2, 0.25) is 5.91 Å². The van der Waals surface area contributed by atoms with Crippen LogP contribution in [0, 0.1) is 12.8 Å². The number of amides is 1. The average Bonchev–Trinajstić information content (AvgIpc) is 2.46. The van der Waals surface area contributed by atoms with E-state index in [1.165, 1.54) is 0 Å². The molecule has 0 aliphatic heterocycles. The molecule has 1 aromatic carbocycles. The van der Waals surface area contributed by atoms with E-state index in [0.717, 1.165) is 11.1 Å².